The molecule has 0 saturated heterocycles. The molecule has 1 heterocycles. The van der Waals surface area contributed by atoms with E-state index in [0.29, 0.717) is 5.95 Å². The van der Waals surface area contributed by atoms with Crippen LogP contribution >= 0.6 is 0 Å². The Morgan fingerprint density at radius 1 is 1.47 bits per heavy atom. The van der Waals surface area contributed by atoms with Gasteiger partial charge in [0.15, 0.2) is 0 Å². The molecule has 2 aromatic rings. The lowest BCUT2D eigenvalue weighted by Crippen LogP contribution is -2.20. The van der Waals surface area contributed by atoms with Crippen molar-refractivity contribution in [1.29, 1.82) is 0 Å². The van der Waals surface area contributed by atoms with Gasteiger partial charge in [-0.25, -0.2) is 9.78 Å². The molecule has 0 radical (unpaired) electrons. The van der Waals surface area contributed by atoms with E-state index >= 15 is 0 Å². The number of carbonyl (C=O) groups is 1. The Morgan fingerprint density at radius 3 is 2.89 bits per heavy atom. The first kappa shape index (κ1) is 13.4. The van der Waals surface area contributed by atoms with E-state index in [-0.39, 0.29) is 5.97 Å². The molecule has 1 atom stereocenters. The summed E-state index contributed by atoms with van der Waals surface area (Å²) in [5.41, 5.74) is 1.80. The number of benzene rings is 1. The highest BCUT2D eigenvalue weighted by Gasteiger charge is 2.21. The number of ether oxygens (including phenoxy) is 1. The molecule has 5 nitrogen and oxygen atoms in total. The van der Waals surface area contributed by atoms with E-state index < -0.39 is 6.04 Å². The van der Waals surface area contributed by atoms with Crippen molar-refractivity contribution in [3.63, 3.8) is 0 Å². The van der Waals surface area contributed by atoms with Crippen LogP contribution in [0.2, 0.25) is 0 Å². The third kappa shape index (κ3) is 2.54. The third-order valence-corrected chi connectivity index (χ3v) is 3.06. The molecule has 0 aliphatic heterocycles. The zero-order valence-electron chi connectivity index (χ0n) is 11.5. The van der Waals surface area contributed by atoms with E-state index in [0.717, 1.165) is 24.0 Å². The zero-order chi connectivity index (χ0) is 13.8. The van der Waals surface area contributed by atoms with Crippen LogP contribution in [0.5, 0.6) is 0 Å². The van der Waals surface area contributed by atoms with E-state index in [9.17, 15) is 4.79 Å². The van der Waals surface area contributed by atoms with Gasteiger partial charge in [0.05, 0.1) is 18.1 Å². The monoisotopic (exact) mass is 261 g/mol. The Bertz CT molecular complexity index is 577. The summed E-state index contributed by atoms with van der Waals surface area (Å²) in [6.45, 7) is 4.72. The fraction of sp³-hybridized carbons (Fsp3) is 0.429. The van der Waals surface area contributed by atoms with E-state index in [1.807, 2.05) is 35.8 Å². The quantitative estimate of drug-likeness (QED) is 0.840. The number of hydrogen-bond acceptors (Lipinski definition) is 4. The molecule has 0 aliphatic rings. The first-order valence-electron chi connectivity index (χ1n) is 6.47. The van der Waals surface area contributed by atoms with Crippen molar-refractivity contribution in [1.82, 2.24) is 9.55 Å². The standard InChI is InChI=1S/C14H19N3O2/c1-4-9-15-14-16-11-7-5-6-8-12(11)17(14)10(2)13(18)19-3/h5-8,10H,4,9H2,1-3H3,(H,15,16). The number of nitrogens with zero attached hydrogens (tertiary/aromatic N) is 2. The highest BCUT2D eigenvalue weighted by atomic mass is 16.5. The van der Waals surface area contributed by atoms with E-state index in [1.165, 1.54) is 7.11 Å². The van der Waals surface area contributed by atoms with Crippen molar-refractivity contribution in [2.24, 2.45) is 0 Å². The van der Waals surface area contributed by atoms with Gasteiger partial charge in [-0.3, -0.25) is 4.57 Å². The molecule has 0 spiro atoms. The largest absolute Gasteiger partial charge is 0.467 e. The van der Waals surface area contributed by atoms with Gasteiger partial charge in [0.1, 0.15) is 6.04 Å². The molecule has 0 aliphatic carbocycles. The van der Waals surface area contributed by atoms with Crippen molar-refractivity contribution >= 4 is 23.0 Å². The maximum absolute atomic E-state index is 11.8. The summed E-state index contributed by atoms with van der Waals surface area (Å²) in [5.74, 6) is 0.434. The van der Waals surface area contributed by atoms with Gasteiger partial charge < -0.3 is 10.1 Å². The smallest absolute Gasteiger partial charge is 0.328 e. The fourth-order valence-electron chi connectivity index (χ4n) is 2.07. The molecule has 1 aromatic heterocycles. The molecular weight excluding hydrogens is 242 g/mol. The average Bonchev–Trinajstić information content (AvgIpc) is 2.81. The van der Waals surface area contributed by atoms with Crippen LogP contribution in [0.3, 0.4) is 0 Å². The van der Waals surface area contributed by atoms with E-state index in [4.69, 9.17) is 4.74 Å². The molecule has 0 fully saturated rings. The number of carbonyl (C=O) groups excluding carboxylic acids is 1. The highest BCUT2D eigenvalue weighted by Crippen LogP contribution is 2.25. The van der Waals surface area contributed by atoms with Crippen molar-refractivity contribution in [3.8, 4) is 0 Å². The number of rotatable bonds is 5. The van der Waals surface area contributed by atoms with Gasteiger partial charge in [-0.05, 0) is 25.5 Å². The van der Waals surface area contributed by atoms with Crippen LogP contribution in [0.1, 0.15) is 26.3 Å². The number of fused-ring (bicyclic) bond motifs is 1. The van der Waals surface area contributed by atoms with Crippen LogP contribution < -0.4 is 5.32 Å². The number of anilines is 1. The van der Waals surface area contributed by atoms with Crippen LogP contribution in [0.4, 0.5) is 5.95 Å². The minimum Gasteiger partial charge on any atom is -0.467 e. The summed E-state index contributed by atoms with van der Waals surface area (Å²) in [5, 5.41) is 3.26. The molecule has 1 aromatic carbocycles. The van der Waals surface area contributed by atoms with Gasteiger partial charge >= 0.3 is 5.97 Å². The lowest BCUT2D eigenvalue weighted by atomic mass is 10.3. The lowest BCUT2D eigenvalue weighted by molar-refractivity contribution is -0.143. The first-order chi connectivity index (χ1) is 9.19. The van der Waals surface area contributed by atoms with Gasteiger partial charge in [0, 0.05) is 6.54 Å². The molecule has 1 unspecified atom stereocenters. The van der Waals surface area contributed by atoms with Crippen LogP contribution in [0, 0.1) is 0 Å². The molecule has 5 heteroatoms. The summed E-state index contributed by atoms with van der Waals surface area (Å²) in [7, 11) is 1.40. The average molecular weight is 261 g/mol. The lowest BCUT2D eigenvalue weighted by Gasteiger charge is -2.15. The number of nitrogens with one attached hydrogen (secondary N) is 1. The van der Waals surface area contributed by atoms with Crippen molar-refractivity contribution in [2.75, 3.05) is 19.0 Å². The van der Waals surface area contributed by atoms with Gasteiger partial charge in [-0.15, -0.1) is 0 Å². The molecule has 102 valence electrons. The second-order valence-electron chi connectivity index (χ2n) is 4.42. The summed E-state index contributed by atoms with van der Waals surface area (Å²) in [6, 6.07) is 7.36. The molecule has 0 amide bonds. The zero-order valence-corrected chi connectivity index (χ0v) is 11.5. The number of methoxy groups -OCH3 is 1. The fourth-order valence-corrected chi connectivity index (χ4v) is 2.07. The second kappa shape index (κ2) is 5.73. The van der Waals surface area contributed by atoms with Crippen LogP contribution in [-0.4, -0.2) is 29.2 Å². The number of imidazole rings is 1. The Labute approximate surface area is 112 Å². The minimum atomic E-state index is -0.406. The molecule has 1 N–H and O–H groups in total. The predicted molar refractivity (Wildman–Crippen MR) is 75.2 cm³/mol. The van der Waals surface area contributed by atoms with Crippen LogP contribution in [0.15, 0.2) is 24.3 Å². The molecule has 0 bridgehead atoms. The maximum Gasteiger partial charge on any atom is 0.328 e. The summed E-state index contributed by atoms with van der Waals surface area (Å²) >= 11 is 0. The van der Waals surface area contributed by atoms with Gasteiger partial charge in [0.2, 0.25) is 5.95 Å². The normalized spacial score (nSPS) is 12.4. The second-order valence-corrected chi connectivity index (χ2v) is 4.42. The van der Waals surface area contributed by atoms with Gasteiger partial charge in [-0.2, -0.15) is 0 Å². The Balaban J connectivity index is 2.50. The number of aromatic nitrogens is 2. The van der Waals surface area contributed by atoms with Crippen molar-refractivity contribution in [3.05, 3.63) is 24.3 Å². The number of esters is 1. The van der Waals surface area contributed by atoms with E-state index in [2.05, 4.69) is 17.2 Å². The molecule has 19 heavy (non-hydrogen) atoms. The topological polar surface area (TPSA) is 56.2 Å². The van der Waals surface area contributed by atoms with Crippen molar-refractivity contribution < 1.29 is 9.53 Å². The maximum atomic E-state index is 11.8. The minimum absolute atomic E-state index is 0.275. The number of para-hydroxylation sites is 2. The number of hydrogen-bond donors (Lipinski definition) is 1. The first-order valence-corrected chi connectivity index (χ1v) is 6.47. The Kier molecular flexibility index (Phi) is 4.04. The predicted octanol–water partition coefficient (Wildman–Crippen LogP) is 2.59. The SMILES string of the molecule is CCCNc1nc2ccccc2n1C(C)C(=O)OC. The Hall–Kier alpha value is -2.04. The highest BCUT2D eigenvalue weighted by molar-refractivity contribution is 5.83. The van der Waals surface area contributed by atoms with Gasteiger partial charge in [0.25, 0.3) is 0 Å². The van der Waals surface area contributed by atoms with Crippen LogP contribution in [0.25, 0.3) is 11.0 Å². The third-order valence-electron chi connectivity index (χ3n) is 3.06. The Morgan fingerprint density at radius 2 is 2.21 bits per heavy atom. The molecule has 0 saturated carbocycles. The summed E-state index contributed by atoms with van der Waals surface area (Å²) in [6.07, 6.45) is 0.996. The van der Waals surface area contributed by atoms with Gasteiger partial charge in [-0.1, -0.05) is 19.1 Å². The van der Waals surface area contributed by atoms with E-state index in [1.54, 1.807) is 0 Å². The summed E-state index contributed by atoms with van der Waals surface area (Å²) < 4.78 is 6.71. The van der Waals surface area contributed by atoms with Crippen molar-refractivity contribution in [2.45, 2.75) is 26.3 Å². The summed E-state index contributed by atoms with van der Waals surface area (Å²) in [4.78, 5) is 16.3. The molecule has 2 rings (SSSR count). The van der Waals surface area contributed by atoms with Crippen LogP contribution in [-0.2, 0) is 9.53 Å². The molecular formula is C14H19N3O2.